The van der Waals surface area contributed by atoms with Crippen molar-refractivity contribution in [2.24, 2.45) is 5.73 Å². The maximum atomic E-state index is 10.9. The van der Waals surface area contributed by atoms with Crippen molar-refractivity contribution in [1.82, 2.24) is 4.90 Å². The van der Waals surface area contributed by atoms with E-state index in [0.717, 1.165) is 29.8 Å². The van der Waals surface area contributed by atoms with Crippen LogP contribution in [-0.4, -0.2) is 24.5 Å². The fourth-order valence-electron chi connectivity index (χ4n) is 3.07. The SMILES string of the molecule is CN1Cc2c(Cl)cc(Cl)cc2C(c2ccc(NC(N)=O)cc2)C1. The quantitative estimate of drug-likeness (QED) is 0.858. The molecule has 0 saturated carbocycles. The van der Waals surface area contributed by atoms with E-state index in [1.165, 1.54) is 0 Å². The van der Waals surface area contributed by atoms with Crippen molar-refractivity contribution >= 4 is 34.9 Å². The molecule has 1 aliphatic rings. The number of rotatable bonds is 2. The highest BCUT2D eigenvalue weighted by atomic mass is 35.5. The predicted molar refractivity (Wildman–Crippen MR) is 94.3 cm³/mol. The van der Waals surface area contributed by atoms with E-state index in [-0.39, 0.29) is 5.92 Å². The first-order chi connectivity index (χ1) is 10.9. The van der Waals surface area contributed by atoms with Gasteiger partial charge in [-0.15, -0.1) is 0 Å². The van der Waals surface area contributed by atoms with Gasteiger partial charge >= 0.3 is 6.03 Å². The number of primary amides is 1. The number of nitrogens with two attached hydrogens (primary N) is 1. The van der Waals surface area contributed by atoms with Gasteiger partial charge in [-0.05, 0) is 48.0 Å². The van der Waals surface area contributed by atoms with Crippen LogP contribution in [0.25, 0.3) is 0 Å². The average molecular weight is 350 g/mol. The molecule has 0 bridgehead atoms. The minimum absolute atomic E-state index is 0.183. The van der Waals surface area contributed by atoms with E-state index < -0.39 is 6.03 Å². The van der Waals surface area contributed by atoms with Gasteiger partial charge in [0.05, 0.1) is 0 Å². The molecule has 0 fully saturated rings. The van der Waals surface area contributed by atoms with Gasteiger partial charge in [-0.3, -0.25) is 0 Å². The van der Waals surface area contributed by atoms with Crippen LogP contribution in [0.4, 0.5) is 10.5 Å². The smallest absolute Gasteiger partial charge is 0.316 e. The lowest BCUT2D eigenvalue weighted by atomic mass is 9.85. The first-order valence-electron chi connectivity index (χ1n) is 7.27. The Labute approximate surface area is 145 Å². The molecular weight excluding hydrogens is 333 g/mol. The van der Waals surface area contributed by atoms with Gasteiger partial charge in [-0.2, -0.15) is 0 Å². The maximum Gasteiger partial charge on any atom is 0.316 e. The van der Waals surface area contributed by atoms with E-state index in [2.05, 4.69) is 17.3 Å². The lowest BCUT2D eigenvalue weighted by Gasteiger charge is -2.33. The molecule has 4 nitrogen and oxygen atoms in total. The number of hydrogen-bond donors (Lipinski definition) is 2. The second kappa shape index (κ2) is 6.40. The minimum atomic E-state index is -0.570. The van der Waals surface area contributed by atoms with Crippen molar-refractivity contribution in [2.75, 3.05) is 18.9 Å². The molecule has 2 aromatic rings. The average Bonchev–Trinajstić information content (AvgIpc) is 2.48. The summed E-state index contributed by atoms with van der Waals surface area (Å²) in [6.07, 6.45) is 0. The number of urea groups is 1. The van der Waals surface area contributed by atoms with Crippen LogP contribution < -0.4 is 11.1 Å². The van der Waals surface area contributed by atoms with Crippen molar-refractivity contribution in [3.63, 3.8) is 0 Å². The summed E-state index contributed by atoms with van der Waals surface area (Å²) in [6, 6.07) is 10.9. The number of hydrogen-bond acceptors (Lipinski definition) is 2. The third-order valence-corrected chi connectivity index (χ3v) is 4.63. The molecule has 3 rings (SSSR count). The van der Waals surface area contributed by atoms with Crippen molar-refractivity contribution in [3.05, 3.63) is 63.1 Å². The number of nitrogens with zero attached hydrogens (tertiary/aromatic N) is 1. The highest BCUT2D eigenvalue weighted by Crippen LogP contribution is 2.38. The van der Waals surface area contributed by atoms with Gasteiger partial charge < -0.3 is 16.0 Å². The number of benzene rings is 2. The highest BCUT2D eigenvalue weighted by molar-refractivity contribution is 6.35. The third kappa shape index (κ3) is 3.44. The van der Waals surface area contributed by atoms with Gasteiger partial charge in [0.15, 0.2) is 0 Å². The second-order valence-electron chi connectivity index (χ2n) is 5.82. The predicted octanol–water partition coefficient (Wildman–Crippen LogP) is 4.06. The third-order valence-electron chi connectivity index (χ3n) is 4.07. The van der Waals surface area contributed by atoms with E-state index in [0.29, 0.717) is 15.7 Å². The number of carbonyl (C=O) groups excluding carboxylic acids is 1. The molecule has 1 heterocycles. The van der Waals surface area contributed by atoms with Crippen LogP contribution in [-0.2, 0) is 6.54 Å². The first-order valence-corrected chi connectivity index (χ1v) is 8.02. The molecule has 0 radical (unpaired) electrons. The molecule has 0 aromatic heterocycles. The van der Waals surface area contributed by atoms with Crippen molar-refractivity contribution in [3.8, 4) is 0 Å². The molecule has 120 valence electrons. The van der Waals surface area contributed by atoms with Gasteiger partial charge in [0.25, 0.3) is 0 Å². The van der Waals surface area contributed by atoms with E-state index in [1.54, 1.807) is 6.07 Å². The van der Waals surface area contributed by atoms with Crippen LogP contribution in [0.2, 0.25) is 10.0 Å². The molecule has 0 saturated heterocycles. The second-order valence-corrected chi connectivity index (χ2v) is 6.66. The number of likely N-dealkylation sites (N-methyl/N-ethyl adjacent to an activating group) is 1. The lowest BCUT2D eigenvalue weighted by molar-refractivity contribution is 0.259. The van der Waals surface area contributed by atoms with Crippen LogP contribution in [0.5, 0.6) is 0 Å². The van der Waals surface area contributed by atoms with Gasteiger partial charge in [0.1, 0.15) is 0 Å². The van der Waals surface area contributed by atoms with Crippen LogP contribution in [0, 0.1) is 0 Å². The molecule has 0 spiro atoms. The topological polar surface area (TPSA) is 58.4 Å². The molecule has 1 atom stereocenters. The largest absolute Gasteiger partial charge is 0.351 e. The zero-order chi connectivity index (χ0) is 16.6. The molecule has 6 heteroatoms. The Morgan fingerprint density at radius 2 is 1.96 bits per heavy atom. The highest BCUT2D eigenvalue weighted by Gasteiger charge is 2.26. The molecule has 3 N–H and O–H groups in total. The zero-order valence-corrected chi connectivity index (χ0v) is 14.2. The molecule has 0 aliphatic carbocycles. The minimum Gasteiger partial charge on any atom is -0.351 e. The van der Waals surface area contributed by atoms with Gasteiger partial charge in [-0.25, -0.2) is 4.79 Å². The molecule has 2 aromatic carbocycles. The number of amides is 2. The van der Waals surface area contributed by atoms with Crippen molar-refractivity contribution in [2.45, 2.75) is 12.5 Å². The maximum absolute atomic E-state index is 10.9. The Balaban J connectivity index is 1.99. The van der Waals surface area contributed by atoms with E-state index >= 15 is 0 Å². The van der Waals surface area contributed by atoms with Crippen molar-refractivity contribution < 1.29 is 4.79 Å². The normalized spacial score (nSPS) is 17.6. The molecule has 1 aliphatic heterocycles. The number of halogens is 2. The molecule has 1 unspecified atom stereocenters. The first kappa shape index (κ1) is 16.1. The van der Waals surface area contributed by atoms with E-state index in [4.69, 9.17) is 28.9 Å². The van der Waals surface area contributed by atoms with Crippen LogP contribution >= 0.6 is 23.2 Å². The summed E-state index contributed by atoms with van der Waals surface area (Å²) in [7, 11) is 2.07. The summed E-state index contributed by atoms with van der Waals surface area (Å²) in [5.74, 6) is 0.183. The van der Waals surface area contributed by atoms with Crippen LogP contribution in [0.15, 0.2) is 36.4 Å². The zero-order valence-electron chi connectivity index (χ0n) is 12.6. The summed E-state index contributed by atoms with van der Waals surface area (Å²) in [5.41, 5.74) is 9.24. The Bertz CT molecular complexity index is 746. The van der Waals surface area contributed by atoms with E-state index in [1.807, 2.05) is 30.3 Å². The number of carbonyl (C=O) groups is 1. The standard InChI is InChI=1S/C17H17Cl2N3O/c1-22-8-14(10-2-4-12(5-3-10)21-17(20)23)13-6-11(18)7-16(19)15(13)9-22/h2-7,14H,8-9H2,1H3,(H3,20,21,23). The Hall–Kier alpha value is -1.75. The summed E-state index contributed by atoms with van der Waals surface area (Å²) in [4.78, 5) is 13.2. The number of nitrogens with one attached hydrogen (secondary N) is 1. The number of anilines is 1. The fraction of sp³-hybridized carbons (Fsp3) is 0.235. The monoisotopic (exact) mass is 349 g/mol. The number of fused-ring (bicyclic) bond motifs is 1. The summed E-state index contributed by atoms with van der Waals surface area (Å²) >= 11 is 12.6. The van der Waals surface area contributed by atoms with Crippen molar-refractivity contribution in [1.29, 1.82) is 0 Å². The summed E-state index contributed by atoms with van der Waals surface area (Å²) in [6.45, 7) is 1.69. The van der Waals surface area contributed by atoms with Gasteiger partial charge in [0, 0.05) is 34.7 Å². The molecular formula is C17H17Cl2N3O. The van der Waals surface area contributed by atoms with Crippen LogP contribution in [0.1, 0.15) is 22.6 Å². The summed E-state index contributed by atoms with van der Waals surface area (Å²) < 4.78 is 0. The Morgan fingerprint density at radius 1 is 1.26 bits per heavy atom. The van der Waals surface area contributed by atoms with Gasteiger partial charge in [0.2, 0.25) is 0 Å². The fourth-order valence-corrected chi connectivity index (χ4v) is 3.64. The summed E-state index contributed by atoms with van der Waals surface area (Å²) in [5, 5.41) is 3.92. The molecule has 23 heavy (non-hydrogen) atoms. The van der Waals surface area contributed by atoms with Gasteiger partial charge in [-0.1, -0.05) is 35.3 Å². The molecule has 2 amide bonds. The lowest BCUT2D eigenvalue weighted by Crippen LogP contribution is -2.31. The Kier molecular flexibility index (Phi) is 4.48. The Morgan fingerprint density at radius 3 is 2.61 bits per heavy atom. The van der Waals surface area contributed by atoms with E-state index in [9.17, 15) is 4.79 Å². The van der Waals surface area contributed by atoms with Crippen LogP contribution in [0.3, 0.4) is 0 Å².